The van der Waals surface area contributed by atoms with E-state index in [4.69, 9.17) is 0 Å². The Labute approximate surface area is 115 Å². The molecule has 0 bridgehead atoms. The normalized spacial score (nSPS) is 12.3. The first-order valence-corrected chi connectivity index (χ1v) is 6.16. The Hall–Kier alpha value is -2.51. The summed E-state index contributed by atoms with van der Waals surface area (Å²) in [5.41, 5.74) is 1.97. The summed E-state index contributed by atoms with van der Waals surface area (Å²) in [6.07, 6.45) is 3.41. The van der Waals surface area contributed by atoms with Gasteiger partial charge in [-0.25, -0.2) is 0 Å². The predicted molar refractivity (Wildman–Crippen MR) is 75.9 cm³/mol. The van der Waals surface area contributed by atoms with E-state index in [0.717, 1.165) is 18.9 Å². The molecule has 0 aromatic heterocycles. The third-order valence-electron chi connectivity index (χ3n) is 2.87. The third kappa shape index (κ3) is 4.30. The Morgan fingerprint density at radius 3 is 2.60 bits per heavy atom. The van der Waals surface area contributed by atoms with Crippen molar-refractivity contribution < 1.29 is 9.85 Å². The van der Waals surface area contributed by atoms with E-state index in [0.29, 0.717) is 5.92 Å². The molecule has 1 atom stereocenters. The third-order valence-corrected chi connectivity index (χ3v) is 2.87. The minimum atomic E-state index is -0.681. The number of benzene rings is 1. The summed E-state index contributed by atoms with van der Waals surface area (Å²) in [6.45, 7) is 4.13. The molecule has 0 fully saturated rings. The lowest BCUT2D eigenvalue weighted by Gasteiger charge is -2.04. The van der Waals surface area contributed by atoms with Crippen molar-refractivity contribution in [2.24, 2.45) is 11.0 Å². The minimum absolute atomic E-state index is 0.126. The molecule has 1 aromatic carbocycles. The fourth-order valence-corrected chi connectivity index (χ4v) is 1.39. The molecular weight excluding hydrogens is 264 g/mol. The highest BCUT2D eigenvalue weighted by atomic mass is 16.6. The molecule has 0 saturated carbocycles. The van der Waals surface area contributed by atoms with Crippen molar-refractivity contribution in [1.82, 2.24) is 0 Å². The van der Waals surface area contributed by atoms with Crippen molar-refractivity contribution in [1.29, 1.82) is 0 Å². The molecule has 1 rings (SSSR count). The van der Waals surface area contributed by atoms with E-state index in [-0.39, 0.29) is 17.1 Å². The maximum Gasteiger partial charge on any atom is 0.301 e. The second-order valence-electron chi connectivity index (χ2n) is 4.39. The molecule has 8 heteroatoms. The SMILES string of the molecule is CCC(C)CC=NNc1ccc([N+](=O)[O-])cc1[N+](=O)[O-]. The average Bonchev–Trinajstić information content (AvgIpc) is 2.42. The maximum atomic E-state index is 10.9. The molecule has 8 nitrogen and oxygen atoms in total. The molecule has 108 valence electrons. The van der Waals surface area contributed by atoms with E-state index in [1.165, 1.54) is 12.1 Å². The molecule has 1 unspecified atom stereocenters. The predicted octanol–water partition coefficient (Wildman–Crippen LogP) is 3.34. The van der Waals surface area contributed by atoms with Gasteiger partial charge in [-0.05, 0) is 18.4 Å². The van der Waals surface area contributed by atoms with Crippen molar-refractivity contribution in [3.05, 3.63) is 38.4 Å². The molecule has 0 saturated heterocycles. The van der Waals surface area contributed by atoms with Gasteiger partial charge < -0.3 is 0 Å². The van der Waals surface area contributed by atoms with E-state index in [1.807, 2.05) is 0 Å². The molecule has 1 aromatic rings. The first-order valence-electron chi connectivity index (χ1n) is 6.16. The van der Waals surface area contributed by atoms with Crippen LogP contribution in [0.4, 0.5) is 17.1 Å². The Morgan fingerprint density at radius 2 is 2.05 bits per heavy atom. The zero-order valence-corrected chi connectivity index (χ0v) is 11.3. The van der Waals surface area contributed by atoms with Gasteiger partial charge in [-0.3, -0.25) is 25.7 Å². The van der Waals surface area contributed by atoms with Crippen LogP contribution in [-0.2, 0) is 0 Å². The van der Waals surface area contributed by atoms with Crippen molar-refractivity contribution in [3.8, 4) is 0 Å². The fourth-order valence-electron chi connectivity index (χ4n) is 1.39. The molecule has 1 N–H and O–H groups in total. The van der Waals surface area contributed by atoms with Crippen molar-refractivity contribution in [3.63, 3.8) is 0 Å². The molecule has 0 spiro atoms. The van der Waals surface area contributed by atoms with Gasteiger partial charge in [0, 0.05) is 12.3 Å². The second kappa shape index (κ2) is 7.17. The summed E-state index contributed by atoms with van der Waals surface area (Å²) in [6, 6.07) is 3.38. The van der Waals surface area contributed by atoms with Gasteiger partial charge in [-0.2, -0.15) is 5.10 Å². The van der Waals surface area contributed by atoms with Crippen LogP contribution >= 0.6 is 0 Å². The number of nitro groups is 2. The topological polar surface area (TPSA) is 111 Å². The maximum absolute atomic E-state index is 10.9. The lowest BCUT2D eigenvalue weighted by molar-refractivity contribution is -0.393. The van der Waals surface area contributed by atoms with Crippen LogP contribution in [0.3, 0.4) is 0 Å². The number of anilines is 1. The first kappa shape index (κ1) is 15.5. The molecule has 0 aliphatic carbocycles. The highest BCUT2D eigenvalue weighted by Crippen LogP contribution is 2.28. The number of hydrazone groups is 1. The number of hydrogen-bond donors (Lipinski definition) is 1. The van der Waals surface area contributed by atoms with Crippen LogP contribution in [-0.4, -0.2) is 16.1 Å². The van der Waals surface area contributed by atoms with Crippen LogP contribution in [0, 0.1) is 26.1 Å². The zero-order chi connectivity index (χ0) is 15.1. The summed E-state index contributed by atoms with van der Waals surface area (Å²) >= 11 is 0. The van der Waals surface area contributed by atoms with Crippen LogP contribution in [0.2, 0.25) is 0 Å². The average molecular weight is 280 g/mol. The summed E-state index contributed by atoms with van der Waals surface area (Å²) in [4.78, 5) is 20.1. The number of non-ortho nitro benzene ring substituents is 1. The molecule has 0 radical (unpaired) electrons. The smallest absolute Gasteiger partial charge is 0.272 e. The highest BCUT2D eigenvalue weighted by molar-refractivity contribution is 5.67. The van der Waals surface area contributed by atoms with Crippen LogP contribution in [0.25, 0.3) is 0 Å². The Balaban J connectivity index is 2.84. The van der Waals surface area contributed by atoms with Crippen molar-refractivity contribution >= 4 is 23.3 Å². The van der Waals surface area contributed by atoms with Crippen LogP contribution in [0.1, 0.15) is 26.7 Å². The zero-order valence-electron chi connectivity index (χ0n) is 11.3. The highest BCUT2D eigenvalue weighted by Gasteiger charge is 2.18. The largest absolute Gasteiger partial charge is 0.301 e. The van der Waals surface area contributed by atoms with Crippen molar-refractivity contribution in [2.45, 2.75) is 26.7 Å². The molecule has 20 heavy (non-hydrogen) atoms. The quantitative estimate of drug-likeness (QED) is 0.467. The van der Waals surface area contributed by atoms with Crippen LogP contribution < -0.4 is 5.43 Å². The molecule has 0 heterocycles. The lowest BCUT2D eigenvalue weighted by atomic mass is 10.1. The van der Waals surface area contributed by atoms with Gasteiger partial charge in [0.15, 0.2) is 0 Å². The van der Waals surface area contributed by atoms with E-state index in [9.17, 15) is 20.2 Å². The molecule has 0 amide bonds. The lowest BCUT2D eigenvalue weighted by Crippen LogP contribution is -1.99. The summed E-state index contributed by atoms with van der Waals surface area (Å²) in [7, 11) is 0. The minimum Gasteiger partial charge on any atom is -0.272 e. The van der Waals surface area contributed by atoms with Gasteiger partial charge in [0.25, 0.3) is 5.69 Å². The number of nitrogens with one attached hydrogen (secondary N) is 1. The number of nitrogens with zero attached hydrogens (tertiary/aromatic N) is 3. The van der Waals surface area contributed by atoms with Gasteiger partial charge in [0.05, 0.1) is 15.9 Å². The van der Waals surface area contributed by atoms with E-state index < -0.39 is 9.85 Å². The van der Waals surface area contributed by atoms with Gasteiger partial charge in [-0.15, -0.1) is 0 Å². The number of rotatable bonds is 7. The van der Waals surface area contributed by atoms with Crippen LogP contribution in [0.5, 0.6) is 0 Å². The second-order valence-corrected chi connectivity index (χ2v) is 4.39. The van der Waals surface area contributed by atoms with Gasteiger partial charge in [0.1, 0.15) is 5.69 Å². The van der Waals surface area contributed by atoms with Gasteiger partial charge >= 0.3 is 5.69 Å². The van der Waals surface area contributed by atoms with E-state index >= 15 is 0 Å². The summed E-state index contributed by atoms with van der Waals surface area (Å²) < 4.78 is 0. The van der Waals surface area contributed by atoms with Gasteiger partial charge in [0.2, 0.25) is 0 Å². The summed E-state index contributed by atoms with van der Waals surface area (Å²) in [5, 5.41) is 25.4. The van der Waals surface area contributed by atoms with Crippen molar-refractivity contribution in [2.75, 3.05) is 5.43 Å². The number of hydrogen-bond acceptors (Lipinski definition) is 6. The van der Waals surface area contributed by atoms with Crippen LogP contribution in [0.15, 0.2) is 23.3 Å². The number of nitro benzene ring substituents is 2. The fraction of sp³-hybridized carbons (Fsp3) is 0.417. The van der Waals surface area contributed by atoms with Gasteiger partial charge in [-0.1, -0.05) is 20.3 Å². The molecule has 0 aliphatic heterocycles. The molecule has 0 aliphatic rings. The standard InChI is InChI=1S/C12H16N4O4/c1-3-9(2)6-7-13-14-11-5-4-10(15(17)18)8-12(11)16(19)20/h4-5,7-9,14H,3,6H2,1-2H3. The monoisotopic (exact) mass is 280 g/mol. The Bertz CT molecular complexity index is 530. The van der Waals surface area contributed by atoms with E-state index in [2.05, 4.69) is 24.4 Å². The molecular formula is C12H16N4O4. The Kier molecular flexibility index (Phi) is 5.57. The first-order chi connectivity index (χ1) is 9.45. The van der Waals surface area contributed by atoms with E-state index in [1.54, 1.807) is 6.21 Å². The summed E-state index contributed by atoms with van der Waals surface area (Å²) in [5.74, 6) is 0.479. The Morgan fingerprint density at radius 1 is 1.35 bits per heavy atom.